The highest BCUT2D eigenvalue weighted by Crippen LogP contribution is 2.23. The van der Waals surface area contributed by atoms with Gasteiger partial charge in [-0.3, -0.25) is 4.79 Å². The number of nitrogens with zero attached hydrogens (tertiary/aromatic N) is 2. The van der Waals surface area contributed by atoms with Gasteiger partial charge in [0.25, 0.3) is 5.91 Å². The Morgan fingerprint density at radius 3 is 2.75 bits per heavy atom. The second kappa shape index (κ2) is 6.44. The third-order valence-corrected chi connectivity index (χ3v) is 4.60. The molecule has 2 saturated heterocycles. The fourth-order valence-electron chi connectivity index (χ4n) is 3.45. The van der Waals surface area contributed by atoms with Crippen LogP contribution < -0.4 is 0 Å². The van der Waals surface area contributed by atoms with E-state index in [1.54, 1.807) is 18.4 Å². The lowest BCUT2D eigenvalue weighted by molar-refractivity contribution is 0.0556. The summed E-state index contributed by atoms with van der Waals surface area (Å²) < 4.78 is 5.27. The zero-order valence-corrected chi connectivity index (χ0v) is 12.1. The molecule has 0 spiro atoms. The van der Waals surface area contributed by atoms with Crippen molar-refractivity contribution in [2.75, 3.05) is 26.2 Å². The van der Waals surface area contributed by atoms with Crippen LogP contribution >= 0.6 is 0 Å². The number of amides is 1. The van der Waals surface area contributed by atoms with Crippen molar-refractivity contribution in [2.24, 2.45) is 0 Å². The monoisotopic (exact) mass is 276 g/mol. The molecular weight excluding hydrogens is 252 g/mol. The Hall–Kier alpha value is -1.29. The van der Waals surface area contributed by atoms with Crippen LogP contribution in [0.25, 0.3) is 0 Å². The summed E-state index contributed by atoms with van der Waals surface area (Å²) in [6.45, 7) is 4.48. The van der Waals surface area contributed by atoms with E-state index in [0.717, 1.165) is 32.4 Å². The average molecular weight is 276 g/mol. The van der Waals surface area contributed by atoms with Crippen molar-refractivity contribution in [1.82, 2.24) is 9.80 Å². The molecule has 20 heavy (non-hydrogen) atoms. The lowest BCUT2D eigenvalue weighted by atomic mass is 9.98. The van der Waals surface area contributed by atoms with E-state index in [9.17, 15) is 4.79 Å². The standard InChI is InChI=1S/C16H24N2O2/c19-16(15-7-5-13-20-15)18-11-2-1-6-14(18)8-12-17-9-3-4-10-17/h5,7,13-14H,1-4,6,8-12H2. The van der Waals surface area contributed by atoms with Gasteiger partial charge in [0.1, 0.15) is 0 Å². The van der Waals surface area contributed by atoms with E-state index >= 15 is 0 Å². The number of carbonyl (C=O) groups excluding carboxylic acids is 1. The summed E-state index contributed by atoms with van der Waals surface area (Å²) in [6.07, 6.45) is 8.85. The lowest BCUT2D eigenvalue weighted by Crippen LogP contribution is -2.45. The van der Waals surface area contributed by atoms with Crippen LogP contribution in [0.5, 0.6) is 0 Å². The predicted molar refractivity (Wildman–Crippen MR) is 77.7 cm³/mol. The summed E-state index contributed by atoms with van der Waals surface area (Å²) in [5.74, 6) is 0.555. The molecule has 110 valence electrons. The summed E-state index contributed by atoms with van der Waals surface area (Å²) >= 11 is 0. The maximum absolute atomic E-state index is 12.5. The fraction of sp³-hybridized carbons (Fsp3) is 0.688. The quantitative estimate of drug-likeness (QED) is 0.848. The normalized spacial score (nSPS) is 24.2. The molecule has 2 aliphatic heterocycles. The number of carbonyl (C=O) groups is 1. The van der Waals surface area contributed by atoms with Crippen LogP contribution in [-0.2, 0) is 0 Å². The Morgan fingerprint density at radius 2 is 2.00 bits per heavy atom. The number of piperidine rings is 1. The Morgan fingerprint density at radius 1 is 1.20 bits per heavy atom. The fourth-order valence-corrected chi connectivity index (χ4v) is 3.45. The Balaban J connectivity index is 1.59. The highest BCUT2D eigenvalue weighted by Gasteiger charge is 2.29. The van der Waals surface area contributed by atoms with E-state index in [-0.39, 0.29) is 5.91 Å². The van der Waals surface area contributed by atoms with Crippen molar-refractivity contribution in [3.8, 4) is 0 Å². The van der Waals surface area contributed by atoms with Crippen molar-refractivity contribution in [2.45, 2.75) is 44.6 Å². The maximum Gasteiger partial charge on any atom is 0.289 e. The first kappa shape index (κ1) is 13.7. The molecule has 4 nitrogen and oxygen atoms in total. The van der Waals surface area contributed by atoms with E-state index in [4.69, 9.17) is 4.42 Å². The van der Waals surface area contributed by atoms with Crippen molar-refractivity contribution >= 4 is 5.91 Å². The van der Waals surface area contributed by atoms with Gasteiger partial charge in [-0.05, 0) is 63.7 Å². The third kappa shape index (κ3) is 3.06. The van der Waals surface area contributed by atoms with Crippen LogP contribution in [0.4, 0.5) is 0 Å². The summed E-state index contributed by atoms with van der Waals surface area (Å²) in [6, 6.07) is 3.95. The largest absolute Gasteiger partial charge is 0.459 e. The first-order chi connectivity index (χ1) is 9.84. The third-order valence-electron chi connectivity index (χ3n) is 4.60. The molecule has 3 rings (SSSR count). The number of rotatable bonds is 4. The van der Waals surface area contributed by atoms with E-state index in [1.807, 2.05) is 4.90 Å². The molecule has 1 aromatic rings. The maximum atomic E-state index is 12.5. The molecule has 0 radical (unpaired) electrons. The van der Waals surface area contributed by atoms with Crippen LogP contribution in [0.2, 0.25) is 0 Å². The molecule has 0 bridgehead atoms. The zero-order valence-electron chi connectivity index (χ0n) is 12.1. The minimum Gasteiger partial charge on any atom is -0.459 e. The van der Waals surface area contributed by atoms with Gasteiger partial charge in [-0.15, -0.1) is 0 Å². The highest BCUT2D eigenvalue weighted by molar-refractivity contribution is 5.91. The van der Waals surface area contributed by atoms with Gasteiger partial charge >= 0.3 is 0 Å². The highest BCUT2D eigenvalue weighted by atomic mass is 16.3. The van der Waals surface area contributed by atoms with Gasteiger partial charge in [-0.2, -0.15) is 0 Å². The molecule has 1 unspecified atom stereocenters. The first-order valence-electron chi connectivity index (χ1n) is 7.91. The molecule has 1 aromatic heterocycles. The summed E-state index contributed by atoms with van der Waals surface area (Å²) in [4.78, 5) is 17.1. The SMILES string of the molecule is O=C(c1ccco1)N1CCCCC1CCN1CCCC1. The van der Waals surface area contributed by atoms with Crippen LogP contribution in [0, 0.1) is 0 Å². The molecule has 2 aliphatic rings. The minimum absolute atomic E-state index is 0.0705. The van der Waals surface area contributed by atoms with Crippen molar-refractivity contribution in [1.29, 1.82) is 0 Å². The van der Waals surface area contributed by atoms with Crippen molar-refractivity contribution in [3.05, 3.63) is 24.2 Å². The molecule has 0 aliphatic carbocycles. The Kier molecular flexibility index (Phi) is 4.41. The number of likely N-dealkylation sites (tertiary alicyclic amines) is 2. The molecule has 1 atom stereocenters. The Bertz CT molecular complexity index is 424. The molecule has 0 saturated carbocycles. The first-order valence-corrected chi connectivity index (χ1v) is 7.91. The van der Waals surface area contributed by atoms with Gasteiger partial charge in [0, 0.05) is 19.1 Å². The minimum atomic E-state index is 0.0705. The van der Waals surface area contributed by atoms with Gasteiger partial charge in [0.05, 0.1) is 6.26 Å². The number of furan rings is 1. The summed E-state index contributed by atoms with van der Waals surface area (Å²) in [5.41, 5.74) is 0. The van der Waals surface area contributed by atoms with Gasteiger partial charge < -0.3 is 14.2 Å². The Labute approximate surface area is 120 Å². The molecule has 1 amide bonds. The van der Waals surface area contributed by atoms with Crippen LogP contribution in [-0.4, -0.2) is 47.9 Å². The van der Waals surface area contributed by atoms with E-state index in [2.05, 4.69) is 4.90 Å². The molecular formula is C16H24N2O2. The summed E-state index contributed by atoms with van der Waals surface area (Å²) in [7, 11) is 0. The summed E-state index contributed by atoms with van der Waals surface area (Å²) in [5, 5.41) is 0. The molecule has 0 N–H and O–H groups in total. The number of hydrogen-bond acceptors (Lipinski definition) is 3. The van der Waals surface area contributed by atoms with Gasteiger partial charge in [-0.1, -0.05) is 0 Å². The lowest BCUT2D eigenvalue weighted by Gasteiger charge is -2.36. The second-order valence-corrected chi connectivity index (χ2v) is 5.96. The van der Waals surface area contributed by atoms with Crippen molar-refractivity contribution < 1.29 is 9.21 Å². The van der Waals surface area contributed by atoms with Crippen LogP contribution in [0.1, 0.15) is 49.1 Å². The molecule has 4 heteroatoms. The predicted octanol–water partition coefficient (Wildman–Crippen LogP) is 2.76. The second-order valence-electron chi connectivity index (χ2n) is 5.96. The number of hydrogen-bond donors (Lipinski definition) is 0. The molecule has 2 fully saturated rings. The van der Waals surface area contributed by atoms with Crippen LogP contribution in [0.15, 0.2) is 22.8 Å². The van der Waals surface area contributed by atoms with Gasteiger partial charge in [-0.25, -0.2) is 0 Å². The van der Waals surface area contributed by atoms with Gasteiger partial charge in [0.2, 0.25) is 0 Å². The molecule has 3 heterocycles. The van der Waals surface area contributed by atoms with E-state index in [1.165, 1.54) is 32.4 Å². The average Bonchev–Trinajstić information content (AvgIpc) is 3.18. The molecule has 0 aromatic carbocycles. The van der Waals surface area contributed by atoms with Crippen LogP contribution in [0.3, 0.4) is 0 Å². The van der Waals surface area contributed by atoms with E-state index in [0.29, 0.717) is 11.8 Å². The van der Waals surface area contributed by atoms with E-state index < -0.39 is 0 Å². The zero-order chi connectivity index (χ0) is 13.8. The smallest absolute Gasteiger partial charge is 0.289 e. The topological polar surface area (TPSA) is 36.7 Å². The van der Waals surface area contributed by atoms with Crippen molar-refractivity contribution in [3.63, 3.8) is 0 Å². The van der Waals surface area contributed by atoms with Gasteiger partial charge in [0.15, 0.2) is 5.76 Å².